The number of carbonyl (C=O) groups excluding carboxylic acids is 1. The predicted molar refractivity (Wildman–Crippen MR) is 96.5 cm³/mol. The molecule has 0 aliphatic carbocycles. The van der Waals surface area contributed by atoms with Crippen LogP contribution in [0.3, 0.4) is 0 Å². The lowest BCUT2D eigenvalue weighted by atomic mass is 9.91. The van der Waals surface area contributed by atoms with Gasteiger partial charge in [0.05, 0.1) is 18.8 Å². The molecule has 1 aliphatic rings. The number of nitrogen functional groups attached to an aromatic ring is 1. The summed E-state index contributed by atoms with van der Waals surface area (Å²) < 4.78 is 6.76. The third-order valence-electron chi connectivity index (χ3n) is 4.59. The number of nitrogens with two attached hydrogens (primary N) is 1. The summed E-state index contributed by atoms with van der Waals surface area (Å²) in [5.74, 6) is 0.192. The molecule has 4 heterocycles. The Labute approximate surface area is 155 Å². The van der Waals surface area contributed by atoms with Crippen molar-refractivity contribution in [3.05, 3.63) is 41.5 Å². The molecule has 136 valence electrons. The fourth-order valence-electron chi connectivity index (χ4n) is 3.35. The van der Waals surface area contributed by atoms with Crippen LogP contribution in [-0.4, -0.2) is 43.7 Å². The highest BCUT2D eigenvalue weighted by Crippen LogP contribution is 2.35. The fourth-order valence-corrected chi connectivity index (χ4v) is 3.35. The molecule has 27 heavy (non-hydrogen) atoms. The highest BCUT2D eigenvalue weighted by Gasteiger charge is 2.28. The van der Waals surface area contributed by atoms with E-state index < -0.39 is 0 Å². The second kappa shape index (κ2) is 6.57. The number of rotatable bonds is 2. The average molecular weight is 363 g/mol. The molecule has 0 fully saturated rings. The van der Waals surface area contributed by atoms with E-state index in [2.05, 4.69) is 21.1 Å². The molecule has 0 saturated carbocycles. The number of ether oxygens (including phenoxy) is 1. The van der Waals surface area contributed by atoms with E-state index in [1.165, 1.54) is 6.33 Å². The normalized spacial score (nSPS) is 13.3. The summed E-state index contributed by atoms with van der Waals surface area (Å²) in [6, 6.07) is 5.85. The first-order valence-electron chi connectivity index (χ1n) is 8.55. The zero-order valence-corrected chi connectivity index (χ0v) is 14.7. The van der Waals surface area contributed by atoms with E-state index in [4.69, 9.17) is 10.5 Å². The van der Waals surface area contributed by atoms with Gasteiger partial charge in [0, 0.05) is 30.3 Å². The van der Waals surface area contributed by atoms with Crippen molar-refractivity contribution in [1.29, 1.82) is 5.26 Å². The summed E-state index contributed by atoms with van der Waals surface area (Å²) in [6.45, 7) is 2.88. The van der Waals surface area contributed by atoms with Crippen LogP contribution in [0.4, 0.5) is 10.6 Å². The number of carbonyl (C=O) groups is 1. The van der Waals surface area contributed by atoms with Crippen LogP contribution in [0.1, 0.15) is 23.7 Å². The van der Waals surface area contributed by atoms with Crippen molar-refractivity contribution in [3.63, 3.8) is 0 Å². The van der Waals surface area contributed by atoms with E-state index in [0.29, 0.717) is 42.9 Å². The Kier molecular flexibility index (Phi) is 4.08. The van der Waals surface area contributed by atoms with Crippen LogP contribution in [0, 0.1) is 11.3 Å². The Hall–Kier alpha value is -3.67. The zero-order chi connectivity index (χ0) is 19.0. The molecule has 0 aromatic carbocycles. The van der Waals surface area contributed by atoms with Crippen LogP contribution in [0.2, 0.25) is 0 Å². The van der Waals surface area contributed by atoms with Gasteiger partial charge in [0.15, 0.2) is 5.65 Å². The third kappa shape index (κ3) is 2.81. The molecule has 2 N–H and O–H groups in total. The maximum atomic E-state index is 12.2. The van der Waals surface area contributed by atoms with Gasteiger partial charge in [-0.3, -0.25) is 0 Å². The van der Waals surface area contributed by atoms with Crippen molar-refractivity contribution in [2.45, 2.75) is 19.9 Å². The van der Waals surface area contributed by atoms with Gasteiger partial charge in [0.2, 0.25) is 0 Å². The zero-order valence-electron chi connectivity index (χ0n) is 14.7. The van der Waals surface area contributed by atoms with Gasteiger partial charge in [-0.1, -0.05) is 0 Å². The van der Waals surface area contributed by atoms with Crippen molar-refractivity contribution in [2.75, 3.05) is 18.9 Å². The van der Waals surface area contributed by atoms with Gasteiger partial charge >= 0.3 is 6.09 Å². The number of pyridine rings is 2. The van der Waals surface area contributed by atoms with Crippen LogP contribution < -0.4 is 5.73 Å². The monoisotopic (exact) mass is 363 g/mol. The van der Waals surface area contributed by atoms with Crippen LogP contribution in [0.15, 0.2) is 24.7 Å². The highest BCUT2D eigenvalue weighted by molar-refractivity contribution is 5.81. The molecule has 1 aliphatic heterocycles. The van der Waals surface area contributed by atoms with Crippen LogP contribution in [0.25, 0.3) is 16.8 Å². The lowest BCUT2D eigenvalue weighted by molar-refractivity contribution is 0.102. The summed E-state index contributed by atoms with van der Waals surface area (Å²) in [5.41, 5.74) is 10.1. The van der Waals surface area contributed by atoms with Crippen molar-refractivity contribution in [1.82, 2.24) is 24.5 Å². The second-order valence-electron chi connectivity index (χ2n) is 6.13. The van der Waals surface area contributed by atoms with Crippen molar-refractivity contribution in [3.8, 4) is 17.2 Å². The first-order chi connectivity index (χ1) is 13.1. The largest absolute Gasteiger partial charge is 0.450 e. The molecule has 9 heteroatoms. The lowest BCUT2D eigenvalue weighted by Crippen LogP contribution is -2.37. The van der Waals surface area contributed by atoms with Crippen molar-refractivity contribution >= 4 is 17.6 Å². The molecule has 3 aromatic rings. The number of fused-ring (bicyclic) bond motifs is 2. The lowest BCUT2D eigenvalue weighted by Gasteiger charge is -2.29. The molecule has 4 rings (SSSR count). The van der Waals surface area contributed by atoms with E-state index in [9.17, 15) is 10.1 Å². The molecule has 0 radical (unpaired) electrons. The van der Waals surface area contributed by atoms with Gasteiger partial charge in [-0.15, -0.1) is 0 Å². The summed E-state index contributed by atoms with van der Waals surface area (Å²) in [5, 5.41) is 13.8. The molecule has 3 aromatic heterocycles. The van der Waals surface area contributed by atoms with Gasteiger partial charge in [-0.25, -0.2) is 19.3 Å². The minimum atomic E-state index is -0.377. The van der Waals surface area contributed by atoms with Crippen molar-refractivity contribution in [2.24, 2.45) is 0 Å². The molecule has 0 spiro atoms. The number of hydrogen-bond donors (Lipinski definition) is 1. The van der Waals surface area contributed by atoms with E-state index in [1.54, 1.807) is 22.5 Å². The van der Waals surface area contributed by atoms with Crippen LogP contribution >= 0.6 is 0 Å². The number of hydrogen-bond acceptors (Lipinski definition) is 7. The number of anilines is 1. The summed E-state index contributed by atoms with van der Waals surface area (Å²) in [4.78, 5) is 22.4. The quantitative estimate of drug-likeness (QED) is 0.736. The summed E-state index contributed by atoms with van der Waals surface area (Å²) in [7, 11) is 0. The van der Waals surface area contributed by atoms with Crippen LogP contribution in [-0.2, 0) is 17.7 Å². The minimum absolute atomic E-state index is 0.192. The topological polar surface area (TPSA) is 122 Å². The Morgan fingerprint density at radius 3 is 3.11 bits per heavy atom. The first kappa shape index (κ1) is 16.8. The summed E-state index contributed by atoms with van der Waals surface area (Å²) in [6.07, 6.45) is 3.40. The van der Waals surface area contributed by atoms with Gasteiger partial charge in [0.25, 0.3) is 0 Å². The Morgan fingerprint density at radius 1 is 1.48 bits per heavy atom. The van der Waals surface area contributed by atoms with Gasteiger partial charge in [0.1, 0.15) is 23.8 Å². The number of aromatic nitrogens is 4. The molecule has 9 nitrogen and oxygen atoms in total. The maximum absolute atomic E-state index is 12.2. The van der Waals surface area contributed by atoms with E-state index >= 15 is 0 Å². The standard InChI is InChI=1S/C18H17N7O2/c1-2-27-18(26)24-5-4-14-13(9-24)16(12(8-19)17(20)23-14)11-3-6-25-15(7-11)21-10-22-25/h3,6-7,10H,2,4-5,9H2,1H3,(H2,20,23). The third-order valence-corrected chi connectivity index (χ3v) is 4.59. The Morgan fingerprint density at radius 2 is 2.33 bits per heavy atom. The van der Waals surface area contributed by atoms with E-state index in [-0.39, 0.29) is 11.9 Å². The maximum Gasteiger partial charge on any atom is 0.410 e. The summed E-state index contributed by atoms with van der Waals surface area (Å²) >= 11 is 0. The number of nitriles is 1. The smallest absolute Gasteiger partial charge is 0.410 e. The van der Waals surface area contributed by atoms with E-state index in [1.807, 2.05) is 12.1 Å². The first-order valence-corrected chi connectivity index (χ1v) is 8.55. The molecule has 0 unspecified atom stereocenters. The van der Waals surface area contributed by atoms with Crippen molar-refractivity contribution < 1.29 is 9.53 Å². The van der Waals surface area contributed by atoms with Gasteiger partial charge < -0.3 is 15.4 Å². The highest BCUT2D eigenvalue weighted by atomic mass is 16.6. The number of nitrogens with zero attached hydrogens (tertiary/aromatic N) is 6. The number of amides is 1. The Bertz CT molecular complexity index is 1080. The molecular weight excluding hydrogens is 346 g/mol. The van der Waals surface area contributed by atoms with Gasteiger partial charge in [-0.05, 0) is 24.6 Å². The fraction of sp³-hybridized carbons (Fsp3) is 0.278. The van der Waals surface area contributed by atoms with E-state index in [0.717, 1.165) is 16.8 Å². The molecule has 0 bridgehead atoms. The van der Waals surface area contributed by atoms with Gasteiger partial charge in [-0.2, -0.15) is 10.4 Å². The molecule has 1 amide bonds. The average Bonchev–Trinajstić information content (AvgIpc) is 3.14. The van der Waals surface area contributed by atoms with Crippen LogP contribution in [0.5, 0.6) is 0 Å². The molecular formula is C18H17N7O2. The molecule has 0 atom stereocenters. The predicted octanol–water partition coefficient (Wildman–Crippen LogP) is 1.76. The molecule has 0 saturated heterocycles. The second-order valence-corrected chi connectivity index (χ2v) is 6.13. The minimum Gasteiger partial charge on any atom is -0.450 e. The Balaban J connectivity index is 1.88. The SMILES string of the molecule is CCOC(=O)N1CCc2nc(N)c(C#N)c(-c3ccn4ncnc4c3)c2C1.